The maximum atomic E-state index is 13.4. The lowest BCUT2D eigenvalue weighted by Gasteiger charge is -2.35. The molecule has 0 aliphatic carbocycles. The number of aryl methyl sites for hydroxylation is 1. The van der Waals surface area contributed by atoms with Crippen molar-refractivity contribution >= 4 is 22.7 Å². The normalized spacial score (nSPS) is 14.0. The van der Waals surface area contributed by atoms with E-state index in [1.54, 1.807) is 6.20 Å². The molecule has 4 aromatic rings. The summed E-state index contributed by atoms with van der Waals surface area (Å²) < 4.78 is 11.9. The SMILES string of the molecule is Cc1oc2ccc(OCc3ccccc3)cc2c1C(=O)N1CCN(c2ccccn2)CC1. The highest BCUT2D eigenvalue weighted by Crippen LogP contribution is 2.31. The number of benzene rings is 2. The first-order valence-corrected chi connectivity index (χ1v) is 10.8. The predicted molar refractivity (Wildman–Crippen MR) is 124 cm³/mol. The highest BCUT2D eigenvalue weighted by Gasteiger charge is 2.27. The zero-order valence-electron chi connectivity index (χ0n) is 18.0. The molecule has 162 valence electrons. The number of anilines is 1. The van der Waals surface area contributed by atoms with Gasteiger partial charge in [-0.05, 0) is 42.8 Å². The Morgan fingerprint density at radius 2 is 1.78 bits per heavy atom. The molecule has 2 aromatic heterocycles. The van der Waals surface area contributed by atoms with Crippen molar-refractivity contribution in [2.24, 2.45) is 0 Å². The Morgan fingerprint density at radius 3 is 2.53 bits per heavy atom. The van der Waals surface area contributed by atoms with Gasteiger partial charge >= 0.3 is 0 Å². The molecule has 0 unspecified atom stereocenters. The molecule has 0 radical (unpaired) electrons. The number of carbonyl (C=O) groups is 1. The molecular weight excluding hydrogens is 402 g/mol. The Kier molecular flexibility index (Phi) is 5.50. The fourth-order valence-electron chi connectivity index (χ4n) is 4.13. The Balaban J connectivity index is 1.33. The number of furan rings is 1. The molecule has 0 saturated carbocycles. The molecule has 0 N–H and O–H groups in total. The number of carbonyl (C=O) groups excluding carboxylic acids is 1. The summed E-state index contributed by atoms with van der Waals surface area (Å²) in [7, 11) is 0. The standard InChI is InChI=1S/C26H25N3O3/c1-19-25(26(30)29-15-13-28(14-16-29)24-9-5-6-12-27-24)22-17-21(10-11-23(22)32-19)31-18-20-7-3-2-4-8-20/h2-12,17H,13-16,18H2,1H3. The van der Waals surface area contributed by atoms with Gasteiger partial charge in [0.25, 0.3) is 5.91 Å². The number of nitrogens with zero attached hydrogens (tertiary/aromatic N) is 3. The number of pyridine rings is 1. The van der Waals surface area contributed by atoms with Gasteiger partial charge < -0.3 is 19.0 Å². The summed E-state index contributed by atoms with van der Waals surface area (Å²) in [5.74, 6) is 2.31. The average Bonchev–Trinajstić information content (AvgIpc) is 3.18. The summed E-state index contributed by atoms with van der Waals surface area (Å²) in [4.78, 5) is 21.9. The first-order chi connectivity index (χ1) is 15.7. The van der Waals surface area contributed by atoms with E-state index in [9.17, 15) is 4.79 Å². The largest absolute Gasteiger partial charge is 0.489 e. The van der Waals surface area contributed by atoms with Gasteiger partial charge in [0.15, 0.2) is 0 Å². The van der Waals surface area contributed by atoms with Gasteiger partial charge in [0.05, 0.1) is 5.56 Å². The van der Waals surface area contributed by atoms with Crippen molar-refractivity contribution in [3.63, 3.8) is 0 Å². The fraction of sp³-hybridized carbons (Fsp3) is 0.231. The molecule has 0 spiro atoms. The first-order valence-electron chi connectivity index (χ1n) is 10.8. The molecule has 1 amide bonds. The van der Waals surface area contributed by atoms with Gasteiger partial charge in [-0.2, -0.15) is 0 Å². The van der Waals surface area contributed by atoms with Crippen molar-refractivity contribution in [2.45, 2.75) is 13.5 Å². The quantitative estimate of drug-likeness (QED) is 0.463. The first kappa shape index (κ1) is 20.1. The number of amides is 1. The molecule has 2 aromatic carbocycles. The second-order valence-electron chi connectivity index (χ2n) is 7.93. The molecule has 0 atom stereocenters. The van der Waals surface area contributed by atoms with Crippen molar-refractivity contribution in [3.05, 3.63) is 89.8 Å². The van der Waals surface area contributed by atoms with E-state index < -0.39 is 0 Å². The van der Waals surface area contributed by atoms with Crippen LogP contribution in [0.5, 0.6) is 5.75 Å². The van der Waals surface area contributed by atoms with Crippen LogP contribution in [0, 0.1) is 6.92 Å². The second-order valence-corrected chi connectivity index (χ2v) is 7.93. The zero-order valence-corrected chi connectivity index (χ0v) is 18.0. The number of hydrogen-bond acceptors (Lipinski definition) is 5. The van der Waals surface area contributed by atoms with Crippen LogP contribution < -0.4 is 9.64 Å². The van der Waals surface area contributed by atoms with Gasteiger partial charge in [0.2, 0.25) is 0 Å². The molecule has 32 heavy (non-hydrogen) atoms. The maximum absolute atomic E-state index is 13.4. The van der Waals surface area contributed by atoms with Gasteiger partial charge in [0.1, 0.15) is 29.5 Å². The van der Waals surface area contributed by atoms with Crippen LogP contribution in [0.3, 0.4) is 0 Å². The van der Waals surface area contributed by atoms with E-state index in [1.807, 2.05) is 78.6 Å². The lowest BCUT2D eigenvalue weighted by molar-refractivity contribution is 0.0746. The van der Waals surface area contributed by atoms with E-state index in [0.717, 1.165) is 35.6 Å². The summed E-state index contributed by atoms with van der Waals surface area (Å²) in [6.07, 6.45) is 1.80. The Morgan fingerprint density at radius 1 is 1.00 bits per heavy atom. The molecular formula is C26H25N3O3. The summed E-state index contributed by atoms with van der Waals surface area (Å²) in [5, 5.41) is 0.796. The molecule has 1 fully saturated rings. The molecule has 1 aliphatic heterocycles. The molecule has 6 heteroatoms. The third kappa shape index (κ3) is 4.04. The number of hydrogen-bond donors (Lipinski definition) is 0. The van der Waals surface area contributed by atoms with E-state index in [0.29, 0.717) is 36.6 Å². The minimum absolute atomic E-state index is 0.00197. The van der Waals surface area contributed by atoms with Crippen molar-refractivity contribution in [1.29, 1.82) is 0 Å². The zero-order chi connectivity index (χ0) is 21.9. The maximum Gasteiger partial charge on any atom is 0.258 e. The van der Waals surface area contributed by atoms with Crippen LogP contribution in [0.15, 0.2) is 77.3 Å². The van der Waals surface area contributed by atoms with Crippen LogP contribution in [-0.2, 0) is 6.61 Å². The second kappa shape index (κ2) is 8.75. The molecule has 6 nitrogen and oxygen atoms in total. The summed E-state index contributed by atoms with van der Waals surface area (Å²) in [6.45, 7) is 5.12. The monoisotopic (exact) mass is 427 g/mol. The van der Waals surface area contributed by atoms with Crippen LogP contribution in [0.25, 0.3) is 11.0 Å². The van der Waals surface area contributed by atoms with Crippen molar-refractivity contribution in [3.8, 4) is 5.75 Å². The molecule has 1 aliphatic rings. The van der Waals surface area contributed by atoms with E-state index in [-0.39, 0.29) is 5.91 Å². The highest BCUT2D eigenvalue weighted by atomic mass is 16.5. The van der Waals surface area contributed by atoms with Crippen molar-refractivity contribution in [2.75, 3.05) is 31.1 Å². The number of aromatic nitrogens is 1. The van der Waals surface area contributed by atoms with E-state index in [2.05, 4.69) is 9.88 Å². The third-order valence-electron chi connectivity index (χ3n) is 5.84. The van der Waals surface area contributed by atoms with Crippen LogP contribution in [0.4, 0.5) is 5.82 Å². The van der Waals surface area contributed by atoms with Gasteiger partial charge in [-0.1, -0.05) is 36.4 Å². The van der Waals surface area contributed by atoms with Crippen LogP contribution >= 0.6 is 0 Å². The van der Waals surface area contributed by atoms with Gasteiger partial charge in [-0.15, -0.1) is 0 Å². The van der Waals surface area contributed by atoms with Gasteiger partial charge in [-0.25, -0.2) is 4.98 Å². The van der Waals surface area contributed by atoms with Gasteiger partial charge in [0, 0.05) is 37.8 Å². The lowest BCUT2D eigenvalue weighted by Crippen LogP contribution is -2.49. The topological polar surface area (TPSA) is 58.8 Å². The van der Waals surface area contributed by atoms with Crippen LogP contribution in [0.2, 0.25) is 0 Å². The molecule has 5 rings (SSSR count). The molecule has 1 saturated heterocycles. The Labute approximate surface area is 187 Å². The smallest absolute Gasteiger partial charge is 0.258 e. The third-order valence-corrected chi connectivity index (χ3v) is 5.84. The number of rotatable bonds is 5. The Hall–Kier alpha value is -3.80. The van der Waals surface area contributed by atoms with E-state index >= 15 is 0 Å². The molecule has 3 heterocycles. The van der Waals surface area contributed by atoms with Crippen molar-refractivity contribution < 1.29 is 13.9 Å². The van der Waals surface area contributed by atoms with Crippen LogP contribution in [-0.4, -0.2) is 42.0 Å². The lowest BCUT2D eigenvalue weighted by atomic mass is 10.1. The minimum atomic E-state index is 0.00197. The van der Waals surface area contributed by atoms with E-state index in [1.165, 1.54) is 0 Å². The number of piperazine rings is 1. The highest BCUT2D eigenvalue weighted by molar-refractivity contribution is 6.07. The van der Waals surface area contributed by atoms with Crippen LogP contribution in [0.1, 0.15) is 21.7 Å². The predicted octanol–water partition coefficient (Wildman–Crippen LogP) is 4.68. The summed E-state index contributed by atoms with van der Waals surface area (Å²) in [6, 6.07) is 21.6. The minimum Gasteiger partial charge on any atom is -0.489 e. The average molecular weight is 428 g/mol. The number of ether oxygens (including phenoxy) is 1. The summed E-state index contributed by atoms with van der Waals surface area (Å²) >= 11 is 0. The fourth-order valence-corrected chi connectivity index (χ4v) is 4.13. The molecule has 0 bridgehead atoms. The van der Waals surface area contributed by atoms with Crippen molar-refractivity contribution in [1.82, 2.24) is 9.88 Å². The summed E-state index contributed by atoms with van der Waals surface area (Å²) in [5.41, 5.74) is 2.42. The van der Waals surface area contributed by atoms with E-state index in [4.69, 9.17) is 9.15 Å². The van der Waals surface area contributed by atoms with Gasteiger partial charge in [-0.3, -0.25) is 4.79 Å². The number of fused-ring (bicyclic) bond motifs is 1. The Bertz CT molecular complexity index is 1210.